The lowest BCUT2D eigenvalue weighted by Crippen LogP contribution is -2.31. The van der Waals surface area contributed by atoms with Crippen molar-refractivity contribution in [1.29, 1.82) is 0 Å². The van der Waals surface area contributed by atoms with Crippen LogP contribution >= 0.6 is 0 Å². The first-order valence-electron chi connectivity index (χ1n) is 8.39. The first-order chi connectivity index (χ1) is 11.8. The standard InChI is InChI=1S/C21H25NO3/c1-15(16-8-6-5-7-9-16)22-19(23)14-25-20(24)17-10-12-18(13-11-17)21(2,3)4/h5-13,15H,14H2,1-4H3,(H,22,23)/t15-/m0/s1. The molecule has 2 rings (SSSR count). The largest absolute Gasteiger partial charge is 0.452 e. The van der Waals surface area contributed by atoms with Gasteiger partial charge in [-0.3, -0.25) is 4.79 Å². The lowest BCUT2D eigenvalue weighted by molar-refractivity contribution is -0.124. The zero-order chi connectivity index (χ0) is 18.4. The molecule has 1 N–H and O–H groups in total. The van der Waals surface area contributed by atoms with E-state index in [0.29, 0.717) is 5.56 Å². The second-order valence-corrected chi connectivity index (χ2v) is 7.10. The highest BCUT2D eigenvalue weighted by Gasteiger charge is 2.16. The molecular formula is C21H25NO3. The summed E-state index contributed by atoms with van der Waals surface area (Å²) < 4.78 is 5.10. The van der Waals surface area contributed by atoms with Crippen LogP contribution in [0, 0.1) is 0 Å². The van der Waals surface area contributed by atoms with Crippen LogP contribution in [0.1, 0.15) is 55.2 Å². The van der Waals surface area contributed by atoms with E-state index in [-0.39, 0.29) is 24.0 Å². The number of hydrogen-bond donors (Lipinski definition) is 1. The van der Waals surface area contributed by atoms with E-state index in [9.17, 15) is 9.59 Å². The third kappa shape index (κ3) is 5.45. The van der Waals surface area contributed by atoms with Gasteiger partial charge in [0.2, 0.25) is 0 Å². The summed E-state index contributed by atoms with van der Waals surface area (Å²) in [7, 11) is 0. The van der Waals surface area contributed by atoms with Crippen molar-refractivity contribution < 1.29 is 14.3 Å². The maximum absolute atomic E-state index is 12.1. The zero-order valence-electron chi connectivity index (χ0n) is 15.2. The third-order valence-corrected chi connectivity index (χ3v) is 4.00. The fourth-order valence-corrected chi connectivity index (χ4v) is 2.43. The molecule has 4 heteroatoms. The number of esters is 1. The van der Waals surface area contributed by atoms with E-state index in [1.54, 1.807) is 12.1 Å². The molecule has 2 aromatic rings. The number of benzene rings is 2. The minimum Gasteiger partial charge on any atom is -0.452 e. The van der Waals surface area contributed by atoms with Gasteiger partial charge < -0.3 is 10.1 Å². The van der Waals surface area contributed by atoms with E-state index < -0.39 is 5.97 Å². The molecule has 0 radical (unpaired) electrons. The van der Waals surface area contributed by atoms with Crippen LogP contribution in [0.4, 0.5) is 0 Å². The minimum absolute atomic E-state index is 0.0237. The predicted octanol–water partition coefficient (Wildman–Crippen LogP) is 4.02. The van der Waals surface area contributed by atoms with E-state index in [0.717, 1.165) is 11.1 Å². The van der Waals surface area contributed by atoms with Gasteiger partial charge >= 0.3 is 5.97 Å². The molecule has 132 valence electrons. The number of ether oxygens (including phenoxy) is 1. The molecular weight excluding hydrogens is 314 g/mol. The highest BCUT2D eigenvalue weighted by molar-refractivity contribution is 5.91. The van der Waals surface area contributed by atoms with Crippen molar-refractivity contribution in [2.45, 2.75) is 39.2 Å². The summed E-state index contributed by atoms with van der Waals surface area (Å²) in [5.74, 6) is -0.820. The first-order valence-corrected chi connectivity index (χ1v) is 8.39. The maximum atomic E-state index is 12.1. The lowest BCUT2D eigenvalue weighted by Gasteiger charge is -2.19. The topological polar surface area (TPSA) is 55.4 Å². The van der Waals surface area contributed by atoms with Crippen molar-refractivity contribution >= 4 is 11.9 Å². The SMILES string of the molecule is C[C@H](NC(=O)COC(=O)c1ccc(C(C)(C)C)cc1)c1ccccc1. The molecule has 1 atom stereocenters. The fraction of sp³-hybridized carbons (Fsp3) is 0.333. The predicted molar refractivity (Wildman–Crippen MR) is 98.4 cm³/mol. The third-order valence-electron chi connectivity index (χ3n) is 4.00. The minimum atomic E-state index is -0.497. The smallest absolute Gasteiger partial charge is 0.338 e. The molecule has 0 aliphatic carbocycles. The van der Waals surface area contributed by atoms with E-state index >= 15 is 0 Å². The van der Waals surface area contributed by atoms with Gasteiger partial charge in [0.15, 0.2) is 6.61 Å². The molecule has 4 nitrogen and oxygen atoms in total. The van der Waals surface area contributed by atoms with Crippen molar-refractivity contribution in [1.82, 2.24) is 5.32 Å². The summed E-state index contributed by atoms with van der Waals surface area (Å²) in [4.78, 5) is 24.0. The average Bonchev–Trinajstić information content (AvgIpc) is 2.59. The van der Waals surface area contributed by atoms with Gasteiger partial charge in [-0.05, 0) is 35.6 Å². The van der Waals surface area contributed by atoms with E-state index in [4.69, 9.17) is 4.74 Å². The Bertz CT molecular complexity index is 715. The van der Waals surface area contributed by atoms with Gasteiger partial charge in [-0.2, -0.15) is 0 Å². The highest BCUT2D eigenvalue weighted by Crippen LogP contribution is 2.22. The van der Waals surface area contributed by atoms with Gasteiger partial charge in [0.05, 0.1) is 11.6 Å². The van der Waals surface area contributed by atoms with E-state index in [1.807, 2.05) is 49.4 Å². The Morgan fingerprint density at radius 1 is 1.00 bits per heavy atom. The van der Waals surface area contributed by atoms with E-state index in [2.05, 4.69) is 26.1 Å². The molecule has 0 saturated carbocycles. The molecule has 0 fully saturated rings. The summed E-state index contributed by atoms with van der Waals surface area (Å²) in [6.45, 7) is 7.92. The van der Waals surface area contributed by atoms with Crippen LogP contribution in [-0.4, -0.2) is 18.5 Å². The van der Waals surface area contributed by atoms with Crippen molar-refractivity contribution in [3.05, 3.63) is 71.3 Å². The fourth-order valence-electron chi connectivity index (χ4n) is 2.43. The van der Waals surface area contributed by atoms with Crippen LogP contribution in [0.2, 0.25) is 0 Å². The summed E-state index contributed by atoms with van der Waals surface area (Å²) in [5.41, 5.74) is 2.60. The number of hydrogen-bond acceptors (Lipinski definition) is 3. The Kier molecular flexibility index (Phi) is 5.97. The number of carbonyl (C=O) groups is 2. The Morgan fingerprint density at radius 3 is 2.16 bits per heavy atom. The number of carbonyl (C=O) groups excluding carboxylic acids is 2. The average molecular weight is 339 g/mol. The quantitative estimate of drug-likeness (QED) is 0.837. The highest BCUT2D eigenvalue weighted by atomic mass is 16.5. The molecule has 0 bridgehead atoms. The Morgan fingerprint density at radius 2 is 1.60 bits per heavy atom. The second-order valence-electron chi connectivity index (χ2n) is 7.10. The van der Waals surface area contributed by atoms with Crippen molar-refractivity contribution in [3.8, 4) is 0 Å². The lowest BCUT2D eigenvalue weighted by atomic mass is 9.87. The molecule has 1 amide bonds. The van der Waals surface area contributed by atoms with E-state index in [1.165, 1.54) is 0 Å². The second kappa shape index (κ2) is 7.97. The van der Waals surface area contributed by atoms with Crippen LogP contribution in [0.5, 0.6) is 0 Å². The zero-order valence-corrected chi connectivity index (χ0v) is 15.2. The normalized spacial score (nSPS) is 12.3. The van der Waals surface area contributed by atoms with Gasteiger partial charge in [0, 0.05) is 0 Å². The Hall–Kier alpha value is -2.62. The van der Waals surface area contributed by atoms with Crippen LogP contribution in [0.3, 0.4) is 0 Å². The van der Waals surface area contributed by atoms with Gasteiger partial charge in [-0.1, -0.05) is 63.2 Å². The summed E-state index contributed by atoms with van der Waals surface area (Å²) in [6.07, 6.45) is 0. The molecule has 25 heavy (non-hydrogen) atoms. The first kappa shape index (κ1) is 18.7. The van der Waals surface area contributed by atoms with Crippen molar-refractivity contribution in [2.24, 2.45) is 0 Å². The molecule has 0 aliphatic rings. The summed E-state index contributed by atoms with van der Waals surface area (Å²) in [6, 6.07) is 16.8. The summed E-state index contributed by atoms with van der Waals surface area (Å²) in [5, 5.41) is 2.82. The van der Waals surface area contributed by atoms with Crippen molar-refractivity contribution in [2.75, 3.05) is 6.61 Å². The molecule has 0 spiro atoms. The Balaban J connectivity index is 1.86. The number of amides is 1. The van der Waals surface area contributed by atoms with Crippen LogP contribution in [0.25, 0.3) is 0 Å². The number of nitrogens with one attached hydrogen (secondary N) is 1. The maximum Gasteiger partial charge on any atom is 0.338 e. The number of rotatable bonds is 5. The monoisotopic (exact) mass is 339 g/mol. The molecule has 0 saturated heterocycles. The van der Waals surface area contributed by atoms with Crippen LogP contribution < -0.4 is 5.32 Å². The van der Waals surface area contributed by atoms with Crippen LogP contribution in [-0.2, 0) is 14.9 Å². The van der Waals surface area contributed by atoms with Gasteiger partial charge in [-0.25, -0.2) is 4.79 Å². The Labute approximate surface area is 149 Å². The molecule has 2 aromatic carbocycles. The van der Waals surface area contributed by atoms with Crippen molar-refractivity contribution in [3.63, 3.8) is 0 Å². The van der Waals surface area contributed by atoms with Gasteiger partial charge in [0.1, 0.15) is 0 Å². The summed E-state index contributed by atoms with van der Waals surface area (Å²) >= 11 is 0. The molecule has 0 heterocycles. The van der Waals surface area contributed by atoms with Gasteiger partial charge in [-0.15, -0.1) is 0 Å². The molecule has 0 unspecified atom stereocenters. The molecule has 0 aromatic heterocycles. The molecule has 0 aliphatic heterocycles. The van der Waals surface area contributed by atoms with Crippen LogP contribution in [0.15, 0.2) is 54.6 Å². The van der Waals surface area contributed by atoms with Gasteiger partial charge in [0.25, 0.3) is 5.91 Å².